The number of methoxy groups -OCH3 is 1. The molecule has 7 heteroatoms. The van der Waals surface area contributed by atoms with E-state index < -0.39 is 0 Å². The highest BCUT2D eigenvalue weighted by atomic mass is 16.5. The van der Waals surface area contributed by atoms with Gasteiger partial charge in [-0.05, 0) is 17.7 Å². The number of ether oxygens (including phenoxy) is 2. The number of rotatable bonds is 6. The number of hydrogen-bond donors (Lipinski definition) is 2. The van der Waals surface area contributed by atoms with Gasteiger partial charge in [0.2, 0.25) is 5.91 Å². The van der Waals surface area contributed by atoms with Crippen LogP contribution in [-0.2, 0) is 11.3 Å². The summed E-state index contributed by atoms with van der Waals surface area (Å²) in [4.78, 5) is 16.3. The average molecular weight is 379 g/mol. The molecular weight excluding hydrogens is 358 g/mol. The van der Waals surface area contributed by atoms with Gasteiger partial charge in [-0.25, -0.2) is 4.98 Å². The van der Waals surface area contributed by atoms with E-state index in [0.717, 1.165) is 11.1 Å². The molecule has 0 bridgehead atoms. The Morgan fingerprint density at radius 3 is 2.96 bits per heavy atom. The normalized spacial score (nSPS) is 15.6. The van der Waals surface area contributed by atoms with Crippen molar-refractivity contribution >= 4 is 11.6 Å². The summed E-state index contributed by atoms with van der Waals surface area (Å²) in [6, 6.07) is 10.7. The smallest absolute Gasteiger partial charge is 0.225 e. The Balaban J connectivity index is 1.68. The first-order valence-electron chi connectivity index (χ1n) is 9.04. The SMILES string of the molecule is COc1cccc([C@@H]2CC(=O)Nc3cc(O)ccc32)c1OCCn1ccnc1. The van der Waals surface area contributed by atoms with Crippen LogP contribution in [0.5, 0.6) is 17.2 Å². The van der Waals surface area contributed by atoms with Crippen LogP contribution in [0, 0.1) is 0 Å². The van der Waals surface area contributed by atoms with Gasteiger partial charge in [-0.15, -0.1) is 0 Å². The number of carbonyl (C=O) groups excluding carboxylic acids is 1. The molecule has 2 heterocycles. The van der Waals surface area contributed by atoms with Gasteiger partial charge in [0.15, 0.2) is 11.5 Å². The van der Waals surface area contributed by atoms with Crippen LogP contribution < -0.4 is 14.8 Å². The summed E-state index contributed by atoms with van der Waals surface area (Å²) in [6.45, 7) is 1.08. The second-order valence-electron chi connectivity index (χ2n) is 6.60. The van der Waals surface area contributed by atoms with Crippen molar-refractivity contribution in [3.8, 4) is 17.2 Å². The molecule has 0 spiro atoms. The fraction of sp³-hybridized carbons (Fsp3) is 0.238. The Kier molecular flexibility index (Phi) is 4.89. The molecule has 1 aliphatic rings. The fourth-order valence-corrected chi connectivity index (χ4v) is 3.52. The van der Waals surface area contributed by atoms with Gasteiger partial charge in [-0.1, -0.05) is 18.2 Å². The number of phenolic OH excluding ortho intramolecular Hbond substituents is 1. The predicted molar refractivity (Wildman–Crippen MR) is 104 cm³/mol. The molecular formula is C21H21N3O4. The van der Waals surface area contributed by atoms with Crippen molar-refractivity contribution in [1.29, 1.82) is 0 Å². The number of hydrogen-bond acceptors (Lipinski definition) is 5. The van der Waals surface area contributed by atoms with E-state index in [1.807, 2.05) is 35.0 Å². The molecule has 0 saturated carbocycles. The first-order valence-corrected chi connectivity index (χ1v) is 9.04. The zero-order valence-corrected chi connectivity index (χ0v) is 15.5. The molecule has 0 aliphatic carbocycles. The molecule has 0 unspecified atom stereocenters. The number of para-hydroxylation sites is 1. The van der Waals surface area contributed by atoms with Gasteiger partial charge in [-0.3, -0.25) is 4.79 Å². The maximum atomic E-state index is 12.3. The Labute approximate surface area is 162 Å². The lowest BCUT2D eigenvalue weighted by Gasteiger charge is -2.28. The number of nitrogens with zero attached hydrogens (tertiary/aromatic N) is 2. The van der Waals surface area contributed by atoms with Crippen molar-refractivity contribution in [2.24, 2.45) is 0 Å². The molecule has 1 aliphatic heterocycles. The predicted octanol–water partition coefficient (Wildman–Crippen LogP) is 3.15. The summed E-state index contributed by atoms with van der Waals surface area (Å²) < 4.78 is 13.6. The van der Waals surface area contributed by atoms with Crippen LogP contribution in [0.1, 0.15) is 23.5 Å². The molecule has 4 rings (SSSR count). The summed E-state index contributed by atoms with van der Waals surface area (Å²) in [7, 11) is 1.60. The third-order valence-electron chi connectivity index (χ3n) is 4.84. The van der Waals surface area contributed by atoms with Crippen LogP contribution in [0.4, 0.5) is 5.69 Å². The number of nitrogens with one attached hydrogen (secondary N) is 1. The van der Waals surface area contributed by atoms with Crippen molar-refractivity contribution in [1.82, 2.24) is 9.55 Å². The molecule has 144 valence electrons. The lowest BCUT2D eigenvalue weighted by Crippen LogP contribution is -2.24. The zero-order chi connectivity index (χ0) is 19.5. The third kappa shape index (κ3) is 3.51. The summed E-state index contributed by atoms with van der Waals surface area (Å²) in [5.74, 6) is 1.07. The molecule has 1 amide bonds. The quantitative estimate of drug-likeness (QED) is 0.687. The number of fused-ring (bicyclic) bond motifs is 1. The first kappa shape index (κ1) is 17.9. The molecule has 2 aromatic carbocycles. The average Bonchev–Trinajstić information content (AvgIpc) is 3.20. The van der Waals surface area contributed by atoms with Crippen LogP contribution in [0.2, 0.25) is 0 Å². The molecule has 1 atom stereocenters. The van der Waals surface area contributed by atoms with E-state index in [9.17, 15) is 9.90 Å². The molecule has 1 aromatic heterocycles. The maximum Gasteiger partial charge on any atom is 0.225 e. The number of aromatic hydroxyl groups is 1. The Morgan fingerprint density at radius 2 is 2.18 bits per heavy atom. The number of aromatic nitrogens is 2. The minimum Gasteiger partial charge on any atom is -0.508 e. The molecule has 0 fully saturated rings. The molecule has 3 aromatic rings. The van der Waals surface area contributed by atoms with E-state index in [1.54, 1.807) is 31.8 Å². The molecule has 0 radical (unpaired) electrons. The summed E-state index contributed by atoms with van der Waals surface area (Å²) in [5.41, 5.74) is 2.44. The van der Waals surface area contributed by atoms with E-state index >= 15 is 0 Å². The zero-order valence-electron chi connectivity index (χ0n) is 15.5. The Bertz CT molecular complexity index is 985. The molecule has 0 saturated heterocycles. The number of amides is 1. The second-order valence-corrected chi connectivity index (χ2v) is 6.60. The number of anilines is 1. The topological polar surface area (TPSA) is 85.6 Å². The molecule has 7 nitrogen and oxygen atoms in total. The van der Waals surface area contributed by atoms with E-state index in [4.69, 9.17) is 9.47 Å². The van der Waals surface area contributed by atoms with Crippen molar-refractivity contribution in [2.45, 2.75) is 18.9 Å². The van der Waals surface area contributed by atoms with E-state index in [-0.39, 0.29) is 17.6 Å². The van der Waals surface area contributed by atoms with E-state index in [1.165, 1.54) is 0 Å². The molecule has 28 heavy (non-hydrogen) atoms. The summed E-state index contributed by atoms with van der Waals surface area (Å²) in [6.07, 6.45) is 5.63. The minimum atomic E-state index is -0.192. The number of phenols is 1. The standard InChI is InChI=1S/C21H21N3O4/c1-27-19-4-2-3-16(21(19)28-10-9-24-8-7-22-13-24)17-12-20(26)23-18-11-14(25)5-6-15(17)18/h2-8,11,13,17,25H,9-10,12H2,1H3,(H,23,26)/t17-/m1/s1. The van der Waals surface area contributed by atoms with Gasteiger partial charge in [0.05, 0.1) is 20.0 Å². The van der Waals surface area contributed by atoms with Crippen LogP contribution in [0.3, 0.4) is 0 Å². The fourth-order valence-electron chi connectivity index (χ4n) is 3.52. The number of benzene rings is 2. The van der Waals surface area contributed by atoms with Crippen LogP contribution in [0.15, 0.2) is 55.1 Å². The van der Waals surface area contributed by atoms with Gasteiger partial charge in [-0.2, -0.15) is 0 Å². The van der Waals surface area contributed by atoms with Crippen molar-refractivity contribution < 1.29 is 19.4 Å². The maximum absolute atomic E-state index is 12.3. The summed E-state index contributed by atoms with van der Waals surface area (Å²) in [5, 5.41) is 12.6. The summed E-state index contributed by atoms with van der Waals surface area (Å²) >= 11 is 0. The van der Waals surface area contributed by atoms with E-state index in [2.05, 4.69) is 10.3 Å². The second kappa shape index (κ2) is 7.64. The highest BCUT2D eigenvalue weighted by molar-refractivity contribution is 5.95. The van der Waals surface area contributed by atoms with Gasteiger partial charge in [0.1, 0.15) is 12.4 Å². The lowest BCUT2D eigenvalue weighted by atomic mass is 9.84. The van der Waals surface area contributed by atoms with Gasteiger partial charge >= 0.3 is 0 Å². The Hall–Kier alpha value is -3.48. The van der Waals surface area contributed by atoms with Crippen LogP contribution >= 0.6 is 0 Å². The molecule has 2 N–H and O–H groups in total. The van der Waals surface area contributed by atoms with Crippen LogP contribution in [0.25, 0.3) is 0 Å². The first-order chi connectivity index (χ1) is 13.7. The van der Waals surface area contributed by atoms with Crippen molar-refractivity contribution in [3.63, 3.8) is 0 Å². The highest BCUT2D eigenvalue weighted by Gasteiger charge is 2.30. The van der Waals surface area contributed by atoms with Gasteiger partial charge < -0.3 is 24.5 Å². The van der Waals surface area contributed by atoms with Gasteiger partial charge in [0, 0.05) is 42.0 Å². The van der Waals surface area contributed by atoms with E-state index in [0.29, 0.717) is 36.8 Å². The number of imidazole rings is 1. The highest BCUT2D eigenvalue weighted by Crippen LogP contribution is 2.44. The van der Waals surface area contributed by atoms with Crippen LogP contribution in [-0.4, -0.2) is 34.3 Å². The van der Waals surface area contributed by atoms with Gasteiger partial charge in [0.25, 0.3) is 0 Å². The number of carbonyl (C=O) groups is 1. The monoisotopic (exact) mass is 379 g/mol. The Morgan fingerprint density at radius 1 is 1.29 bits per heavy atom. The minimum absolute atomic E-state index is 0.102. The van der Waals surface area contributed by atoms with Crippen molar-refractivity contribution in [3.05, 3.63) is 66.2 Å². The largest absolute Gasteiger partial charge is 0.508 e. The lowest BCUT2D eigenvalue weighted by molar-refractivity contribution is -0.116. The third-order valence-corrected chi connectivity index (χ3v) is 4.84. The van der Waals surface area contributed by atoms with Crippen molar-refractivity contribution in [2.75, 3.05) is 19.0 Å².